The molecule has 0 unspecified atom stereocenters. The van der Waals surface area contributed by atoms with Crippen molar-refractivity contribution in [2.24, 2.45) is 0 Å². The number of carboxylic acid groups (broad SMARTS) is 1. The Balaban J connectivity index is 2.49. The molecule has 1 aromatic heterocycles. The predicted molar refractivity (Wildman–Crippen MR) is 63.3 cm³/mol. The summed E-state index contributed by atoms with van der Waals surface area (Å²) >= 11 is 0. The molecular weight excluding hydrogens is 275 g/mol. The van der Waals surface area contributed by atoms with Crippen molar-refractivity contribution >= 4 is 5.97 Å². The molecule has 0 aliphatic heterocycles. The Kier molecular flexibility index (Phi) is 3.60. The highest BCUT2D eigenvalue weighted by Gasteiger charge is 2.31. The topological polar surface area (TPSA) is 59.4 Å². The number of carboxylic acids is 1. The Morgan fingerprint density at radius 3 is 2.50 bits per heavy atom. The highest BCUT2D eigenvalue weighted by Crippen LogP contribution is 2.29. The third kappa shape index (κ3) is 3.47. The fourth-order valence-electron chi connectivity index (χ4n) is 1.62. The summed E-state index contributed by atoms with van der Waals surface area (Å²) in [5, 5.41) is 8.93. The van der Waals surface area contributed by atoms with Gasteiger partial charge in [0, 0.05) is 18.0 Å². The first-order valence-electron chi connectivity index (χ1n) is 5.40. The predicted octanol–water partition coefficient (Wildman–Crippen LogP) is 3.35. The molecule has 0 aliphatic rings. The average Bonchev–Trinajstić information content (AvgIpc) is 2.37. The molecule has 1 N–H and O–H groups in total. The van der Waals surface area contributed by atoms with Crippen molar-refractivity contribution in [3.8, 4) is 16.9 Å². The van der Waals surface area contributed by atoms with Crippen molar-refractivity contribution in [3.05, 3.63) is 48.3 Å². The number of ether oxygens (including phenoxy) is 1. The minimum atomic E-state index is -4.89. The lowest BCUT2D eigenvalue weighted by Crippen LogP contribution is -2.17. The molecule has 0 aliphatic carbocycles. The molecule has 7 heteroatoms. The van der Waals surface area contributed by atoms with Crippen LogP contribution >= 0.6 is 0 Å². The van der Waals surface area contributed by atoms with Gasteiger partial charge in [0.05, 0.1) is 5.56 Å². The number of hydrogen-bond acceptors (Lipinski definition) is 3. The van der Waals surface area contributed by atoms with Crippen LogP contribution in [0.25, 0.3) is 11.1 Å². The molecule has 0 saturated carbocycles. The standard InChI is InChI=1S/C13H8F3NO3/c14-13(15,16)20-11-5-9(4-10(6-11)12(18)19)8-2-1-3-17-7-8/h1-7H,(H,18,19). The Labute approximate surface area is 111 Å². The van der Waals surface area contributed by atoms with Gasteiger partial charge in [0.25, 0.3) is 0 Å². The molecule has 2 rings (SSSR count). The van der Waals surface area contributed by atoms with Gasteiger partial charge in [0.2, 0.25) is 0 Å². The molecule has 0 atom stereocenters. The molecule has 1 heterocycles. The number of hydrogen-bond donors (Lipinski definition) is 1. The van der Waals surface area contributed by atoms with Crippen LogP contribution in [-0.2, 0) is 0 Å². The van der Waals surface area contributed by atoms with E-state index in [1.165, 1.54) is 18.5 Å². The fraction of sp³-hybridized carbons (Fsp3) is 0.0769. The zero-order valence-corrected chi connectivity index (χ0v) is 9.89. The minimum absolute atomic E-state index is 0.275. The minimum Gasteiger partial charge on any atom is -0.478 e. The zero-order chi connectivity index (χ0) is 14.8. The van der Waals surface area contributed by atoms with Gasteiger partial charge in [-0.2, -0.15) is 0 Å². The van der Waals surface area contributed by atoms with Gasteiger partial charge in [-0.3, -0.25) is 4.98 Å². The van der Waals surface area contributed by atoms with Crippen molar-refractivity contribution in [1.29, 1.82) is 0 Å². The van der Waals surface area contributed by atoms with Gasteiger partial charge in [-0.05, 0) is 29.8 Å². The summed E-state index contributed by atoms with van der Waals surface area (Å²) < 4.78 is 40.4. The van der Waals surface area contributed by atoms with Gasteiger partial charge in [-0.1, -0.05) is 6.07 Å². The first-order chi connectivity index (χ1) is 9.35. The van der Waals surface area contributed by atoms with E-state index in [2.05, 4.69) is 9.72 Å². The molecule has 4 nitrogen and oxygen atoms in total. The van der Waals surface area contributed by atoms with Gasteiger partial charge >= 0.3 is 12.3 Å². The Hall–Kier alpha value is -2.57. The van der Waals surface area contributed by atoms with Crippen LogP contribution in [0.2, 0.25) is 0 Å². The van der Waals surface area contributed by atoms with E-state index < -0.39 is 18.1 Å². The number of pyridine rings is 1. The van der Waals surface area contributed by atoms with Crippen LogP contribution in [0.5, 0.6) is 5.75 Å². The van der Waals surface area contributed by atoms with E-state index in [9.17, 15) is 18.0 Å². The summed E-state index contributed by atoms with van der Waals surface area (Å²) in [6.07, 6.45) is -1.97. The van der Waals surface area contributed by atoms with Crippen LogP contribution in [0.15, 0.2) is 42.7 Å². The number of alkyl halides is 3. The molecule has 0 saturated heterocycles. The maximum atomic E-state index is 12.2. The second kappa shape index (κ2) is 5.20. The summed E-state index contributed by atoms with van der Waals surface area (Å²) in [4.78, 5) is 14.8. The first kappa shape index (κ1) is 13.9. The summed E-state index contributed by atoms with van der Waals surface area (Å²) in [5.74, 6) is -1.93. The van der Waals surface area contributed by atoms with E-state index in [0.717, 1.165) is 12.1 Å². The van der Waals surface area contributed by atoms with E-state index in [0.29, 0.717) is 5.56 Å². The van der Waals surface area contributed by atoms with Gasteiger partial charge < -0.3 is 9.84 Å². The summed E-state index contributed by atoms with van der Waals surface area (Å²) in [6, 6.07) is 6.37. The van der Waals surface area contributed by atoms with Gasteiger partial charge in [-0.15, -0.1) is 13.2 Å². The summed E-state index contributed by atoms with van der Waals surface area (Å²) in [7, 11) is 0. The highest BCUT2D eigenvalue weighted by atomic mass is 19.4. The van der Waals surface area contributed by atoms with Crippen LogP contribution < -0.4 is 4.74 Å². The number of carbonyl (C=O) groups is 1. The van der Waals surface area contributed by atoms with Gasteiger partial charge in [-0.25, -0.2) is 4.79 Å². The van der Waals surface area contributed by atoms with Crippen molar-refractivity contribution in [2.75, 3.05) is 0 Å². The van der Waals surface area contributed by atoms with Crippen molar-refractivity contribution in [2.45, 2.75) is 6.36 Å². The smallest absolute Gasteiger partial charge is 0.478 e. The largest absolute Gasteiger partial charge is 0.573 e. The molecule has 0 spiro atoms. The summed E-state index contributed by atoms with van der Waals surface area (Å²) in [5.41, 5.74) is 0.463. The second-order valence-electron chi connectivity index (χ2n) is 3.84. The monoisotopic (exact) mass is 283 g/mol. The SMILES string of the molecule is O=C(O)c1cc(OC(F)(F)F)cc(-c2cccnc2)c1. The van der Waals surface area contributed by atoms with Crippen molar-refractivity contribution in [3.63, 3.8) is 0 Å². The quantitative estimate of drug-likeness (QED) is 0.938. The highest BCUT2D eigenvalue weighted by molar-refractivity contribution is 5.90. The van der Waals surface area contributed by atoms with Crippen LogP contribution in [0.1, 0.15) is 10.4 Å². The second-order valence-corrected chi connectivity index (χ2v) is 3.84. The van der Waals surface area contributed by atoms with Crippen molar-refractivity contribution in [1.82, 2.24) is 4.98 Å². The number of halogens is 3. The fourth-order valence-corrected chi connectivity index (χ4v) is 1.62. The Morgan fingerprint density at radius 2 is 1.95 bits per heavy atom. The van der Waals surface area contributed by atoms with Crippen LogP contribution in [0.3, 0.4) is 0 Å². The van der Waals surface area contributed by atoms with E-state index in [1.54, 1.807) is 12.1 Å². The lowest BCUT2D eigenvalue weighted by molar-refractivity contribution is -0.274. The number of aromatic carboxylic acids is 1. The third-order valence-corrected chi connectivity index (χ3v) is 2.38. The summed E-state index contributed by atoms with van der Waals surface area (Å²) in [6.45, 7) is 0. The first-order valence-corrected chi connectivity index (χ1v) is 5.40. The Bertz CT molecular complexity index is 627. The number of nitrogens with zero attached hydrogens (tertiary/aromatic N) is 1. The van der Waals surface area contributed by atoms with Gasteiger partial charge in [0.1, 0.15) is 5.75 Å². The van der Waals surface area contributed by atoms with Crippen LogP contribution in [0, 0.1) is 0 Å². The lowest BCUT2D eigenvalue weighted by atomic mass is 10.0. The normalized spacial score (nSPS) is 11.2. The maximum absolute atomic E-state index is 12.2. The van der Waals surface area contributed by atoms with E-state index in [-0.39, 0.29) is 11.1 Å². The molecule has 0 bridgehead atoms. The molecule has 0 amide bonds. The number of rotatable bonds is 3. The molecule has 2 aromatic rings. The lowest BCUT2D eigenvalue weighted by Gasteiger charge is -2.11. The molecule has 20 heavy (non-hydrogen) atoms. The van der Waals surface area contributed by atoms with Crippen molar-refractivity contribution < 1.29 is 27.8 Å². The maximum Gasteiger partial charge on any atom is 0.573 e. The molecule has 1 aromatic carbocycles. The van der Waals surface area contributed by atoms with Gasteiger partial charge in [0.15, 0.2) is 0 Å². The zero-order valence-electron chi connectivity index (χ0n) is 9.89. The van der Waals surface area contributed by atoms with Crippen LogP contribution in [0.4, 0.5) is 13.2 Å². The van der Waals surface area contributed by atoms with E-state index in [1.807, 2.05) is 0 Å². The molecular formula is C13H8F3NO3. The number of benzene rings is 1. The van der Waals surface area contributed by atoms with E-state index >= 15 is 0 Å². The molecule has 0 radical (unpaired) electrons. The Morgan fingerprint density at radius 1 is 1.20 bits per heavy atom. The third-order valence-electron chi connectivity index (χ3n) is 2.38. The van der Waals surface area contributed by atoms with Crippen LogP contribution in [-0.4, -0.2) is 22.4 Å². The van der Waals surface area contributed by atoms with E-state index in [4.69, 9.17) is 5.11 Å². The molecule has 0 fully saturated rings. The average molecular weight is 283 g/mol. The number of aromatic nitrogens is 1. The molecule has 104 valence electrons.